The molecule has 1 nitrogen and oxygen atoms in total. The average molecular weight is 225 g/mol. The van der Waals surface area contributed by atoms with Gasteiger partial charge >= 0.3 is 0 Å². The number of piperidine rings is 1. The van der Waals surface area contributed by atoms with Crippen molar-refractivity contribution in [2.75, 3.05) is 13.1 Å². The molecule has 0 aromatic heterocycles. The fraction of sp³-hybridized carbons (Fsp3) is 0.538. The lowest BCUT2D eigenvalue weighted by Gasteiger charge is -2.26. The first-order valence-corrected chi connectivity index (χ1v) is 5.79. The summed E-state index contributed by atoms with van der Waals surface area (Å²) in [6.45, 7) is 3.52. The molecule has 1 saturated heterocycles. The van der Waals surface area contributed by atoms with Gasteiger partial charge in [-0.2, -0.15) is 0 Å². The van der Waals surface area contributed by atoms with Crippen molar-refractivity contribution >= 4 is 0 Å². The summed E-state index contributed by atoms with van der Waals surface area (Å²) in [5.74, 6) is -0.464. The fourth-order valence-electron chi connectivity index (χ4n) is 2.27. The summed E-state index contributed by atoms with van der Waals surface area (Å²) in [7, 11) is 0. The van der Waals surface area contributed by atoms with Crippen LogP contribution in [0.2, 0.25) is 0 Å². The zero-order chi connectivity index (χ0) is 11.5. The monoisotopic (exact) mass is 225 g/mol. The van der Waals surface area contributed by atoms with E-state index in [1.165, 1.54) is 6.07 Å². The van der Waals surface area contributed by atoms with E-state index in [0.717, 1.165) is 31.5 Å². The number of alkyl halides is 1. The molecule has 0 spiro atoms. The molecule has 0 amide bonds. The Bertz CT molecular complexity index is 359. The second kappa shape index (κ2) is 4.91. The summed E-state index contributed by atoms with van der Waals surface area (Å²) in [5, 5.41) is 3.19. The second-order valence-electron chi connectivity index (χ2n) is 4.51. The number of halogens is 2. The van der Waals surface area contributed by atoms with Crippen LogP contribution in [0.25, 0.3) is 0 Å². The molecule has 1 atom stereocenters. The predicted molar refractivity (Wildman–Crippen MR) is 60.6 cm³/mol. The number of rotatable bonds is 2. The minimum Gasteiger partial charge on any atom is -0.317 e. The Labute approximate surface area is 94.9 Å². The molecule has 0 saturated carbocycles. The molecule has 3 heteroatoms. The lowest BCUT2D eigenvalue weighted by atomic mass is 9.88. The Morgan fingerprint density at radius 2 is 2.00 bits per heavy atom. The van der Waals surface area contributed by atoms with Gasteiger partial charge in [-0.15, -0.1) is 0 Å². The first kappa shape index (κ1) is 11.5. The van der Waals surface area contributed by atoms with Gasteiger partial charge in [-0.05, 0) is 44.8 Å². The van der Waals surface area contributed by atoms with Gasteiger partial charge in [0.15, 0.2) is 0 Å². The van der Waals surface area contributed by atoms with E-state index >= 15 is 0 Å². The number of aryl methyl sites for hydroxylation is 1. The highest BCUT2D eigenvalue weighted by Gasteiger charge is 2.26. The van der Waals surface area contributed by atoms with E-state index in [1.807, 2.05) is 6.92 Å². The molecule has 1 aromatic rings. The molecule has 1 N–H and O–H groups in total. The first-order chi connectivity index (χ1) is 7.68. The van der Waals surface area contributed by atoms with E-state index in [2.05, 4.69) is 5.32 Å². The Balaban J connectivity index is 2.18. The molecule has 88 valence electrons. The maximum atomic E-state index is 14.2. The number of hydrogen-bond acceptors (Lipinski definition) is 1. The van der Waals surface area contributed by atoms with Crippen LogP contribution in [0.15, 0.2) is 18.2 Å². The van der Waals surface area contributed by atoms with Crippen LogP contribution in [0.3, 0.4) is 0 Å². The molecule has 0 bridgehead atoms. The lowest BCUT2D eigenvalue weighted by Crippen LogP contribution is -2.30. The number of benzene rings is 1. The highest BCUT2D eigenvalue weighted by Crippen LogP contribution is 2.33. The first-order valence-electron chi connectivity index (χ1n) is 5.79. The third-order valence-electron chi connectivity index (χ3n) is 3.25. The number of hydrogen-bond donors (Lipinski definition) is 1. The van der Waals surface area contributed by atoms with Crippen molar-refractivity contribution in [2.24, 2.45) is 5.92 Å². The van der Waals surface area contributed by atoms with Crippen molar-refractivity contribution in [3.05, 3.63) is 35.1 Å². The maximum absolute atomic E-state index is 14.2. The van der Waals surface area contributed by atoms with Crippen molar-refractivity contribution in [1.29, 1.82) is 0 Å². The Hall–Kier alpha value is -0.960. The minimum absolute atomic E-state index is 0.0439. The van der Waals surface area contributed by atoms with Gasteiger partial charge in [0.05, 0.1) is 0 Å². The summed E-state index contributed by atoms with van der Waals surface area (Å²) >= 11 is 0. The second-order valence-corrected chi connectivity index (χ2v) is 4.51. The fourth-order valence-corrected chi connectivity index (χ4v) is 2.27. The van der Waals surface area contributed by atoms with Crippen LogP contribution in [-0.2, 0) is 0 Å². The van der Waals surface area contributed by atoms with Crippen LogP contribution in [0.1, 0.15) is 30.1 Å². The van der Waals surface area contributed by atoms with Gasteiger partial charge in [-0.1, -0.05) is 17.7 Å². The molecule has 1 aliphatic rings. The van der Waals surface area contributed by atoms with Crippen LogP contribution in [0.5, 0.6) is 0 Å². The summed E-state index contributed by atoms with van der Waals surface area (Å²) in [4.78, 5) is 0. The van der Waals surface area contributed by atoms with Gasteiger partial charge in [-0.3, -0.25) is 0 Å². The molecular formula is C13H17F2N. The van der Waals surface area contributed by atoms with E-state index in [-0.39, 0.29) is 11.5 Å². The Kier molecular flexibility index (Phi) is 3.54. The smallest absolute Gasteiger partial charge is 0.131 e. The highest BCUT2D eigenvalue weighted by molar-refractivity contribution is 5.26. The highest BCUT2D eigenvalue weighted by atomic mass is 19.1. The largest absolute Gasteiger partial charge is 0.317 e. The van der Waals surface area contributed by atoms with E-state index in [9.17, 15) is 8.78 Å². The van der Waals surface area contributed by atoms with E-state index < -0.39 is 12.0 Å². The van der Waals surface area contributed by atoms with E-state index in [4.69, 9.17) is 0 Å². The molecule has 1 heterocycles. The SMILES string of the molecule is Cc1ccc(F)c(C(F)C2CCNCC2)c1. The van der Waals surface area contributed by atoms with Gasteiger partial charge in [0.2, 0.25) is 0 Å². The van der Waals surface area contributed by atoms with E-state index in [0.29, 0.717) is 0 Å². The lowest BCUT2D eigenvalue weighted by molar-refractivity contribution is 0.186. The quantitative estimate of drug-likeness (QED) is 0.815. The molecule has 1 aromatic carbocycles. The minimum atomic E-state index is -1.16. The third-order valence-corrected chi connectivity index (χ3v) is 3.25. The van der Waals surface area contributed by atoms with Gasteiger partial charge < -0.3 is 5.32 Å². The average Bonchev–Trinajstić information content (AvgIpc) is 2.32. The summed E-state index contributed by atoms with van der Waals surface area (Å²) < 4.78 is 27.7. The zero-order valence-corrected chi connectivity index (χ0v) is 9.47. The summed E-state index contributed by atoms with van der Waals surface area (Å²) in [6, 6.07) is 4.66. The number of nitrogens with one attached hydrogen (secondary N) is 1. The predicted octanol–water partition coefficient (Wildman–Crippen LogP) is 3.14. The van der Waals surface area contributed by atoms with Crippen LogP contribution < -0.4 is 5.32 Å². The molecule has 0 radical (unpaired) electrons. The molecule has 1 fully saturated rings. The molecule has 1 unspecified atom stereocenters. The van der Waals surface area contributed by atoms with Gasteiger partial charge in [0.1, 0.15) is 12.0 Å². The molecule has 0 aliphatic carbocycles. The third kappa shape index (κ3) is 2.40. The topological polar surface area (TPSA) is 12.0 Å². The van der Waals surface area contributed by atoms with Gasteiger partial charge in [0.25, 0.3) is 0 Å². The zero-order valence-electron chi connectivity index (χ0n) is 9.47. The van der Waals surface area contributed by atoms with Gasteiger partial charge in [0, 0.05) is 5.56 Å². The van der Waals surface area contributed by atoms with Crippen LogP contribution in [0, 0.1) is 18.7 Å². The van der Waals surface area contributed by atoms with E-state index in [1.54, 1.807) is 12.1 Å². The van der Waals surface area contributed by atoms with Crippen molar-refractivity contribution in [1.82, 2.24) is 5.32 Å². The molecule has 2 rings (SSSR count). The van der Waals surface area contributed by atoms with Crippen molar-refractivity contribution in [3.8, 4) is 0 Å². The van der Waals surface area contributed by atoms with Crippen LogP contribution in [-0.4, -0.2) is 13.1 Å². The van der Waals surface area contributed by atoms with Crippen LogP contribution >= 0.6 is 0 Å². The van der Waals surface area contributed by atoms with Gasteiger partial charge in [-0.25, -0.2) is 8.78 Å². The van der Waals surface area contributed by atoms with Crippen molar-refractivity contribution in [2.45, 2.75) is 25.9 Å². The molecule has 16 heavy (non-hydrogen) atoms. The van der Waals surface area contributed by atoms with Crippen molar-refractivity contribution in [3.63, 3.8) is 0 Å². The Morgan fingerprint density at radius 3 is 2.69 bits per heavy atom. The Morgan fingerprint density at radius 1 is 1.31 bits per heavy atom. The van der Waals surface area contributed by atoms with Crippen LogP contribution in [0.4, 0.5) is 8.78 Å². The standard InChI is InChI=1S/C13H17F2N/c1-9-2-3-12(14)11(8-9)13(15)10-4-6-16-7-5-10/h2-3,8,10,13,16H,4-7H2,1H3. The maximum Gasteiger partial charge on any atom is 0.131 e. The normalized spacial score (nSPS) is 19.7. The summed E-state index contributed by atoms with van der Waals surface area (Å²) in [6.07, 6.45) is 0.408. The molecular weight excluding hydrogens is 208 g/mol. The van der Waals surface area contributed by atoms with Crippen molar-refractivity contribution < 1.29 is 8.78 Å². The molecule has 1 aliphatic heterocycles. The summed E-state index contributed by atoms with van der Waals surface area (Å²) in [5.41, 5.74) is 1.14.